The van der Waals surface area contributed by atoms with Gasteiger partial charge in [0.2, 0.25) is 0 Å². The van der Waals surface area contributed by atoms with Crippen molar-refractivity contribution in [2.75, 3.05) is 54.9 Å². The van der Waals surface area contributed by atoms with Crippen LogP contribution in [-0.2, 0) is 40.7 Å². The monoisotopic (exact) mass is 464 g/mol. The molecule has 4 N–H and O–H groups in total. The Morgan fingerprint density at radius 1 is 0.448 bits per heavy atom. The maximum atomic E-state index is 8.73. The van der Waals surface area contributed by atoms with Crippen molar-refractivity contribution in [1.82, 2.24) is 0 Å². The molecule has 9 heteroatoms. The average Bonchev–Trinajstić information content (AvgIpc) is 2.70. The van der Waals surface area contributed by atoms with Gasteiger partial charge >= 0.3 is 0 Å². The van der Waals surface area contributed by atoms with Crippen LogP contribution >= 0.6 is 0 Å². The second-order valence-electron chi connectivity index (χ2n) is 6.07. The molecule has 0 aliphatic carbocycles. The first kappa shape index (κ1) is 39.8. The minimum atomic E-state index is -0.273. The zero-order chi connectivity index (χ0) is 22.8. The van der Waals surface area contributed by atoms with Gasteiger partial charge in [0.05, 0.1) is 50.8 Å². The third-order valence-electron chi connectivity index (χ3n) is 3.32. The van der Waals surface area contributed by atoms with Crippen LogP contribution in [0.3, 0.4) is 0 Å². The number of ether oxygens (including phenoxy) is 4. The summed E-state index contributed by atoms with van der Waals surface area (Å²) >= 11 is 0. The van der Waals surface area contributed by atoms with Crippen LogP contribution in [0.15, 0.2) is 0 Å². The van der Waals surface area contributed by atoms with Crippen LogP contribution in [-0.4, -0.2) is 99.7 Å². The van der Waals surface area contributed by atoms with Crippen LogP contribution in [0.4, 0.5) is 0 Å². The Morgan fingerprint density at radius 3 is 0.621 bits per heavy atom. The molecule has 0 aliphatic heterocycles. The molecule has 4 atom stereocenters. The molecule has 0 aliphatic rings. The third-order valence-corrected chi connectivity index (χ3v) is 3.32. The quantitative estimate of drug-likeness (QED) is 0.322. The van der Waals surface area contributed by atoms with Crippen LogP contribution in [0.25, 0.3) is 0 Å². The summed E-state index contributed by atoms with van der Waals surface area (Å²) in [6.07, 6.45) is 1.99. The molecule has 0 fully saturated rings. The van der Waals surface area contributed by atoms with E-state index in [1.54, 1.807) is 28.4 Å². The average molecular weight is 464 g/mol. The summed E-state index contributed by atoms with van der Waals surface area (Å²) in [5.74, 6) is 0. The van der Waals surface area contributed by atoms with E-state index in [1.165, 1.54) is 0 Å². The molecular formula is C20H48O8Ti. The fourth-order valence-corrected chi connectivity index (χ4v) is 1.24. The van der Waals surface area contributed by atoms with Crippen LogP contribution in [0.2, 0.25) is 0 Å². The third kappa shape index (κ3) is 47.6. The Morgan fingerprint density at radius 2 is 0.586 bits per heavy atom. The summed E-state index contributed by atoms with van der Waals surface area (Å²) < 4.78 is 18.6. The van der Waals surface area contributed by atoms with Crippen molar-refractivity contribution in [2.24, 2.45) is 0 Å². The van der Waals surface area contributed by atoms with Crippen LogP contribution < -0.4 is 0 Å². The summed E-state index contributed by atoms with van der Waals surface area (Å²) in [6, 6.07) is 0. The Labute approximate surface area is 193 Å². The minimum absolute atomic E-state index is 0. The van der Waals surface area contributed by atoms with Crippen LogP contribution in [0.5, 0.6) is 0 Å². The van der Waals surface area contributed by atoms with Gasteiger partial charge < -0.3 is 39.4 Å². The second kappa shape index (κ2) is 35.8. The summed E-state index contributed by atoms with van der Waals surface area (Å²) in [5, 5.41) is 34.9. The Hall–Kier alpha value is 0.394. The zero-order valence-electron chi connectivity index (χ0n) is 19.9. The van der Waals surface area contributed by atoms with E-state index in [2.05, 4.69) is 18.9 Å². The predicted molar refractivity (Wildman–Crippen MR) is 113 cm³/mol. The standard InChI is InChI=1S/4C5H12O2.Ti/c4*1-3-5(6)4-7-2;/h4*5-6H,3-4H2,1-2H3;. The molecule has 4 unspecified atom stereocenters. The predicted octanol–water partition coefficient (Wildman–Crippen LogP) is 1.61. The van der Waals surface area contributed by atoms with Gasteiger partial charge in [0.1, 0.15) is 0 Å². The van der Waals surface area contributed by atoms with Gasteiger partial charge in [0.15, 0.2) is 0 Å². The molecule has 0 aromatic rings. The van der Waals surface area contributed by atoms with Crippen molar-refractivity contribution in [3.8, 4) is 0 Å². The van der Waals surface area contributed by atoms with E-state index in [4.69, 9.17) is 20.4 Å². The fourth-order valence-electron chi connectivity index (χ4n) is 1.24. The van der Waals surface area contributed by atoms with Gasteiger partial charge in [0.25, 0.3) is 0 Å². The van der Waals surface area contributed by atoms with E-state index in [9.17, 15) is 0 Å². The molecule has 29 heavy (non-hydrogen) atoms. The van der Waals surface area contributed by atoms with E-state index in [-0.39, 0.29) is 46.1 Å². The van der Waals surface area contributed by atoms with Crippen molar-refractivity contribution in [3.05, 3.63) is 0 Å². The van der Waals surface area contributed by atoms with Gasteiger partial charge in [-0.05, 0) is 25.7 Å². The molecule has 0 aromatic carbocycles. The van der Waals surface area contributed by atoms with Gasteiger partial charge in [-0.3, -0.25) is 0 Å². The maximum Gasteiger partial charge on any atom is 0.0770 e. The normalized spacial score (nSPS) is 13.7. The molecule has 0 radical (unpaired) electrons. The molecular weight excluding hydrogens is 416 g/mol. The molecule has 0 spiro atoms. The van der Waals surface area contributed by atoms with Gasteiger partial charge in [-0.15, -0.1) is 0 Å². The molecule has 0 saturated heterocycles. The zero-order valence-corrected chi connectivity index (χ0v) is 21.4. The van der Waals surface area contributed by atoms with Gasteiger partial charge in [0, 0.05) is 50.2 Å². The molecule has 0 rings (SSSR count). The first-order chi connectivity index (χ1) is 13.2. The molecule has 0 amide bonds. The van der Waals surface area contributed by atoms with E-state index in [0.717, 1.165) is 25.7 Å². The SMILES string of the molecule is CCC(O)COC.CCC(O)COC.CCC(O)COC.CCC(O)COC.[Ti]. The van der Waals surface area contributed by atoms with E-state index >= 15 is 0 Å². The topological polar surface area (TPSA) is 118 Å². The van der Waals surface area contributed by atoms with Gasteiger partial charge in [-0.1, -0.05) is 27.7 Å². The molecule has 180 valence electrons. The number of hydrogen-bond acceptors (Lipinski definition) is 8. The summed E-state index contributed by atoms with van der Waals surface area (Å²) in [7, 11) is 6.33. The Balaban J connectivity index is -0.0000000873. The molecule has 0 bridgehead atoms. The second-order valence-corrected chi connectivity index (χ2v) is 6.07. The van der Waals surface area contributed by atoms with Crippen molar-refractivity contribution in [1.29, 1.82) is 0 Å². The van der Waals surface area contributed by atoms with Crippen molar-refractivity contribution in [3.63, 3.8) is 0 Å². The Kier molecular flexibility index (Phi) is 49.2. The number of hydrogen-bond donors (Lipinski definition) is 4. The number of aliphatic hydroxyl groups is 4. The summed E-state index contributed by atoms with van der Waals surface area (Å²) in [6.45, 7) is 9.50. The van der Waals surface area contributed by atoms with Gasteiger partial charge in [-0.2, -0.15) is 0 Å². The van der Waals surface area contributed by atoms with Crippen molar-refractivity contribution in [2.45, 2.75) is 77.8 Å². The van der Waals surface area contributed by atoms with E-state index in [0.29, 0.717) is 26.4 Å². The minimum Gasteiger partial charge on any atom is -0.391 e. The first-order valence-electron chi connectivity index (χ1n) is 9.91. The summed E-state index contributed by atoms with van der Waals surface area (Å²) in [4.78, 5) is 0. The van der Waals surface area contributed by atoms with Crippen molar-refractivity contribution >= 4 is 0 Å². The smallest absolute Gasteiger partial charge is 0.0770 e. The number of aliphatic hydroxyl groups excluding tert-OH is 4. The molecule has 8 nitrogen and oxygen atoms in total. The Bertz CT molecular complexity index is 203. The maximum absolute atomic E-state index is 8.73. The van der Waals surface area contributed by atoms with Gasteiger partial charge in [-0.25, -0.2) is 0 Å². The van der Waals surface area contributed by atoms with E-state index < -0.39 is 0 Å². The van der Waals surface area contributed by atoms with Crippen LogP contribution in [0.1, 0.15) is 53.4 Å². The molecule has 0 heterocycles. The molecule has 0 aromatic heterocycles. The van der Waals surface area contributed by atoms with Crippen molar-refractivity contribution < 1.29 is 61.1 Å². The van der Waals surface area contributed by atoms with E-state index in [1.807, 2.05) is 27.7 Å². The number of methoxy groups -OCH3 is 4. The fraction of sp³-hybridized carbons (Fsp3) is 1.00. The number of rotatable bonds is 12. The molecule has 0 saturated carbocycles. The first-order valence-corrected chi connectivity index (χ1v) is 9.91. The summed E-state index contributed by atoms with van der Waals surface area (Å²) in [5.41, 5.74) is 0. The van der Waals surface area contributed by atoms with Crippen LogP contribution in [0, 0.1) is 0 Å². The largest absolute Gasteiger partial charge is 0.391 e.